The summed E-state index contributed by atoms with van der Waals surface area (Å²) in [5.41, 5.74) is 0. The molecule has 0 aromatic carbocycles. The molecule has 0 saturated carbocycles. The van der Waals surface area contributed by atoms with Crippen molar-refractivity contribution >= 4 is 23.6 Å². The Morgan fingerprint density at radius 2 is 2.11 bits per heavy atom. The number of hydrogen-bond donors (Lipinski definition) is 1. The van der Waals surface area contributed by atoms with E-state index in [-0.39, 0.29) is 25.0 Å². The van der Waals surface area contributed by atoms with E-state index < -0.39 is 5.97 Å². The van der Waals surface area contributed by atoms with E-state index in [4.69, 9.17) is 15.1 Å². The first kappa shape index (κ1) is 15.8. The number of carbonyl (C=O) groups excluding carboxylic acids is 1. The second kappa shape index (κ2) is 8.77. The van der Waals surface area contributed by atoms with Gasteiger partial charge in [0.25, 0.3) is 0 Å². The molecule has 0 aromatic rings. The van der Waals surface area contributed by atoms with Crippen LogP contribution in [0.25, 0.3) is 0 Å². The summed E-state index contributed by atoms with van der Waals surface area (Å²) in [5.74, 6) is -0.120. The van der Waals surface area contributed by atoms with Gasteiger partial charge in [0.05, 0.1) is 36.7 Å². The van der Waals surface area contributed by atoms with E-state index in [0.29, 0.717) is 24.6 Å². The highest BCUT2D eigenvalue weighted by atomic mass is 32.2. The molecular weight excluding hydrogens is 268 g/mol. The lowest BCUT2D eigenvalue weighted by atomic mass is 10.1. The second-order valence-electron chi connectivity index (χ2n) is 4.25. The number of carbonyl (C=O) groups is 2. The normalized spacial score (nSPS) is 16.1. The number of nitriles is 1. The molecule has 6 nitrogen and oxygen atoms in total. The van der Waals surface area contributed by atoms with E-state index in [0.717, 1.165) is 12.8 Å². The number of piperidine rings is 1. The molecule has 19 heavy (non-hydrogen) atoms. The Morgan fingerprint density at radius 1 is 1.42 bits per heavy atom. The minimum Gasteiger partial charge on any atom is -0.481 e. The zero-order valence-corrected chi connectivity index (χ0v) is 11.5. The van der Waals surface area contributed by atoms with Gasteiger partial charge in [0.15, 0.2) is 0 Å². The number of hydrogen-bond acceptors (Lipinski definition) is 5. The van der Waals surface area contributed by atoms with Crippen LogP contribution < -0.4 is 0 Å². The van der Waals surface area contributed by atoms with E-state index in [1.54, 1.807) is 4.90 Å². The Hall–Kier alpha value is -1.26. The Morgan fingerprint density at radius 3 is 2.68 bits per heavy atom. The SMILES string of the molecule is N#CCSCC(=O)N1CCC(OCCC(=O)O)CC1. The smallest absolute Gasteiger partial charge is 0.305 e. The lowest BCUT2D eigenvalue weighted by molar-refractivity contribution is -0.139. The molecule has 1 heterocycles. The van der Waals surface area contributed by atoms with Gasteiger partial charge >= 0.3 is 5.97 Å². The molecular formula is C12H18N2O4S. The molecule has 0 radical (unpaired) electrons. The molecule has 0 spiro atoms. The predicted octanol–water partition coefficient (Wildman–Crippen LogP) is 0.725. The van der Waals surface area contributed by atoms with Gasteiger partial charge in [-0.2, -0.15) is 5.26 Å². The maximum Gasteiger partial charge on any atom is 0.305 e. The average molecular weight is 286 g/mol. The van der Waals surface area contributed by atoms with Crippen molar-refractivity contribution < 1.29 is 19.4 Å². The second-order valence-corrected chi connectivity index (χ2v) is 5.23. The summed E-state index contributed by atoms with van der Waals surface area (Å²) in [5, 5.41) is 16.9. The van der Waals surface area contributed by atoms with Crippen molar-refractivity contribution in [2.45, 2.75) is 25.4 Å². The minimum atomic E-state index is -0.859. The Labute approximate surface area is 116 Å². The maximum absolute atomic E-state index is 11.8. The van der Waals surface area contributed by atoms with Crippen LogP contribution >= 0.6 is 11.8 Å². The first-order valence-corrected chi connectivity index (χ1v) is 7.35. The van der Waals surface area contributed by atoms with Crippen LogP contribution in [0, 0.1) is 11.3 Å². The van der Waals surface area contributed by atoms with Crippen LogP contribution in [0.4, 0.5) is 0 Å². The molecule has 0 aromatic heterocycles. The van der Waals surface area contributed by atoms with Crippen LogP contribution in [-0.4, -0.2) is 59.2 Å². The fourth-order valence-corrected chi connectivity index (χ4v) is 2.41. The monoisotopic (exact) mass is 286 g/mol. The van der Waals surface area contributed by atoms with Gasteiger partial charge in [-0.25, -0.2) is 0 Å². The van der Waals surface area contributed by atoms with Crippen molar-refractivity contribution in [1.29, 1.82) is 5.26 Å². The highest BCUT2D eigenvalue weighted by molar-refractivity contribution is 8.00. The van der Waals surface area contributed by atoms with Gasteiger partial charge < -0.3 is 14.7 Å². The number of amides is 1. The van der Waals surface area contributed by atoms with Gasteiger partial charge in [-0.05, 0) is 12.8 Å². The lowest BCUT2D eigenvalue weighted by Gasteiger charge is -2.31. The lowest BCUT2D eigenvalue weighted by Crippen LogP contribution is -2.41. The number of rotatable bonds is 7. The largest absolute Gasteiger partial charge is 0.481 e. The van der Waals surface area contributed by atoms with Crippen LogP contribution in [0.15, 0.2) is 0 Å². The quantitative estimate of drug-likeness (QED) is 0.694. The van der Waals surface area contributed by atoms with Crippen LogP contribution in [0.3, 0.4) is 0 Å². The number of ether oxygens (including phenoxy) is 1. The van der Waals surface area contributed by atoms with Gasteiger partial charge in [0.2, 0.25) is 5.91 Å². The van der Waals surface area contributed by atoms with E-state index in [1.165, 1.54) is 11.8 Å². The zero-order chi connectivity index (χ0) is 14.1. The fraction of sp³-hybridized carbons (Fsp3) is 0.750. The molecule has 7 heteroatoms. The van der Waals surface area contributed by atoms with Crippen molar-refractivity contribution in [3.63, 3.8) is 0 Å². The molecule has 1 aliphatic rings. The van der Waals surface area contributed by atoms with Crippen molar-refractivity contribution in [3.05, 3.63) is 0 Å². The number of thioether (sulfide) groups is 1. The summed E-state index contributed by atoms with van der Waals surface area (Å²) >= 11 is 1.32. The standard InChI is InChI=1S/C12H18N2O4S/c13-4-8-19-9-11(15)14-5-1-10(2-6-14)18-7-3-12(16)17/h10H,1-3,5-9H2,(H,16,17). The van der Waals surface area contributed by atoms with E-state index >= 15 is 0 Å². The molecule has 1 amide bonds. The summed E-state index contributed by atoms with van der Waals surface area (Å²) in [7, 11) is 0. The summed E-state index contributed by atoms with van der Waals surface area (Å²) in [6.07, 6.45) is 1.56. The Kier molecular flexibility index (Phi) is 7.30. The third kappa shape index (κ3) is 6.45. The number of nitrogens with zero attached hydrogens (tertiary/aromatic N) is 2. The first-order chi connectivity index (χ1) is 9.13. The zero-order valence-electron chi connectivity index (χ0n) is 10.7. The molecule has 0 atom stereocenters. The van der Waals surface area contributed by atoms with Crippen LogP contribution in [0.5, 0.6) is 0 Å². The average Bonchev–Trinajstić information content (AvgIpc) is 2.39. The first-order valence-electron chi connectivity index (χ1n) is 6.19. The van der Waals surface area contributed by atoms with Gasteiger partial charge in [-0.1, -0.05) is 0 Å². The Bertz CT molecular complexity index is 348. The number of carboxylic acid groups (broad SMARTS) is 1. The predicted molar refractivity (Wildman–Crippen MR) is 70.7 cm³/mol. The molecule has 106 valence electrons. The van der Waals surface area contributed by atoms with Gasteiger partial charge in [-0.15, -0.1) is 11.8 Å². The maximum atomic E-state index is 11.8. The summed E-state index contributed by atoms with van der Waals surface area (Å²) in [6, 6.07) is 1.99. The molecule has 1 aliphatic heterocycles. The fourth-order valence-electron chi connectivity index (χ4n) is 1.86. The molecule has 1 fully saturated rings. The van der Waals surface area contributed by atoms with Crippen molar-refractivity contribution in [2.24, 2.45) is 0 Å². The highest BCUT2D eigenvalue weighted by Gasteiger charge is 2.22. The molecule has 0 bridgehead atoms. The highest BCUT2D eigenvalue weighted by Crippen LogP contribution is 2.15. The summed E-state index contributed by atoms with van der Waals surface area (Å²) in [4.78, 5) is 23.9. The van der Waals surface area contributed by atoms with Gasteiger partial charge in [-0.3, -0.25) is 9.59 Å². The molecule has 0 aliphatic carbocycles. The molecule has 1 N–H and O–H groups in total. The molecule has 1 rings (SSSR count). The van der Waals surface area contributed by atoms with E-state index in [2.05, 4.69) is 0 Å². The number of aliphatic carboxylic acids is 1. The van der Waals surface area contributed by atoms with Crippen LogP contribution in [-0.2, 0) is 14.3 Å². The molecule has 0 unspecified atom stereocenters. The third-order valence-corrected chi connectivity index (χ3v) is 3.64. The van der Waals surface area contributed by atoms with Crippen molar-refractivity contribution in [3.8, 4) is 6.07 Å². The van der Waals surface area contributed by atoms with Crippen LogP contribution in [0.1, 0.15) is 19.3 Å². The van der Waals surface area contributed by atoms with Crippen molar-refractivity contribution in [1.82, 2.24) is 4.90 Å². The Balaban J connectivity index is 2.16. The number of carboxylic acids is 1. The van der Waals surface area contributed by atoms with E-state index in [9.17, 15) is 9.59 Å². The van der Waals surface area contributed by atoms with E-state index in [1.807, 2.05) is 6.07 Å². The molecule has 1 saturated heterocycles. The van der Waals surface area contributed by atoms with Crippen molar-refractivity contribution in [2.75, 3.05) is 31.2 Å². The summed E-state index contributed by atoms with van der Waals surface area (Å²) < 4.78 is 5.45. The van der Waals surface area contributed by atoms with Gasteiger partial charge in [0, 0.05) is 13.1 Å². The minimum absolute atomic E-state index is 0.0178. The number of likely N-dealkylation sites (tertiary alicyclic amines) is 1. The summed E-state index contributed by atoms with van der Waals surface area (Å²) in [6.45, 7) is 1.51. The topological polar surface area (TPSA) is 90.6 Å². The third-order valence-electron chi connectivity index (χ3n) is 2.86. The van der Waals surface area contributed by atoms with Crippen LogP contribution in [0.2, 0.25) is 0 Å². The van der Waals surface area contributed by atoms with Gasteiger partial charge in [0.1, 0.15) is 0 Å².